The molecule has 1 aromatic carbocycles. The van der Waals surface area contributed by atoms with E-state index in [2.05, 4.69) is 20.1 Å². The lowest BCUT2D eigenvalue weighted by Gasteiger charge is -2.10. The van der Waals surface area contributed by atoms with Gasteiger partial charge in [-0.05, 0) is 30.7 Å². The second kappa shape index (κ2) is 7.24. The molecule has 0 aliphatic heterocycles. The summed E-state index contributed by atoms with van der Waals surface area (Å²) < 4.78 is 41.8. The third kappa shape index (κ3) is 5.18. The first-order valence-corrected chi connectivity index (χ1v) is 7.21. The van der Waals surface area contributed by atoms with E-state index in [9.17, 15) is 13.2 Å². The van der Waals surface area contributed by atoms with Crippen LogP contribution in [-0.4, -0.2) is 22.1 Å². The average molecular weight is 341 g/mol. The molecule has 0 saturated carbocycles. The highest BCUT2D eigenvalue weighted by Crippen LogP contribution is 2.23. The minimum atomic E-state index is -4.71. The Morgan fingerprint density at radius 3 is 2.58 bits per heavy atom. The number of nitrogens with two attached hydrogens (primary N) is 1. The molecule has 0 unspecified atom stereocenters. The van der Waals surface area contributed by atoms with Crippen molar-refractivity contribution < 1.29 is 17.9 Å². The van der Waals surface area contributed by atoms with E-state index in [1.807, 2.05) is 20.2 Å². The van der Waals surface area contributed by atoms with Crippen LogP contribution in [-0.2, 0) is 20.0 Å². The number of aliphatic imine (C=N–C) groups is 1. The van der Waals surface area contributed by atoms with Crippen molar-refractivity contribution in [1.29, 1.82) is 0 Å². The van der Waals surface area contributed by atoms with Crippen molar-refractivity contribution in [3.63, 3.8) is 0 Å². The molecule has 6 nitrogen and oxygen atoms in total. The highest BCUT2D eigenvalue weighted by Gasteiger charge is 2.30. The Morgan fingerprint density at radius 1 is 1.33 bits per heavy atom. The number of anilines is 1. The minimum Gasteiger partial charge on any atom is -0.406 e. The van der Waals surface area contributed by atoms with Gasteiger partial charge in [-0.25, -0.2) is 4.99 Å². The summed E-state index contributed by atoms with van der Waals surface area (Å²) in [6.45, 7) is 2.37. The summed E-state index contributed by atoms with van der Waals surface area (Å²) in [4.78, 5) is 4.21. The Balaban J connectivity index is 1.97. The molecule has 0 aliphatic carbocycles. The van der Waals surface area contributed by atoms with Gasteiger partial charge in [-0.1, -0.05) is 6.92 Å². The second-order valence-corrected chi connectivity index (χ2v) is 5.03. The fraction of sp³-hybridized carbons (Fsp3) is 0.333. The fourth-order valence-electron chi connectivity index (χ4n) is 2.11. The molecule has 1 aromatic heterocycles. The van der Waals surface area contributed by atoms with Crippen molar-refractivity contribution in [2.75, 3.05) is 5.32 Å². The van der Waals surface area contributed by atoms with E-state index in [1.165, 1.54) is 24.3 Å². The smallest absolute Gasteiger partial charge is 0.406 e. The molecule has 1 heterocycles. The zero-order valence-electron chi connectivity index (χ0n) is 13.3. The Morgan fingerprint density at radius 2 is 2.00 bits per heavy atom. The van der Waals surface area contributed by atoms with Crippen molar-refractivity contribution in [3.8, 4) is 5.75 Å². The molecule has 0 aliphatic rings. The molecule has 9 heteroatoms. The van der Waals surface area contributed by atoms with Gasteiger partial charge in [0.05, 0.1) is 12.2 Å². The highest BCUT2D eigenvalue weighted by molar-refractivity contribution is 5.92. The molecule has 0 atom stereocenters. The minimum absolute atomic E-state index is 0.158. The van der Waals surface area contributed by atoms with E-state index in [4.69, 9.17) is 5.73 Å². The van der Waals surface area contributed by atoms with E-state index in [0.29, 0.717) is 12.2 Å². The van der Waals surface area contributed by atoms with Gasteiger partial charge in [0, 0.05) is 24.5 Å². The first kappa shape index (κ1) is 17.6. The van der Waals surface area contributed by atoms with E-state index in [-0.39, 0.29) is 11.7 Å². The lowest BCUT2D eigenvalue weighted by molar-refractivity contribution is -0.274. The number of nitrogens with one attached hydrogen (secondary N) is 1. The van der Waals surface area contributed by atoms with E-state index in [0.717, 1.165) is 17.7 Å². The molecule has 2 rings (SSSR count). The van der Waals surface area contributed by atoms with Crippen molar-refractivity contribution in [2.24, 2.45) is 17.8 Å². The van der Waals surface area contributed by atoms with Crippen molar-refractivity contribution in [3.05, 3.63) is 41.7 Å². The van der Waals surface area contributed by atoms with Crippen LogP contribution in [0.25, 0.3) is 0 Å². The Hall–Kier alpha value is -2.71. The third-order valence-electron chi connectivity index (χ3n) is 3.11. The maximum Gasteiger partial charge on any atom is 0.573 e. The van der Waals surface area contributed by atoms with Crippen LogP contribution in [0.3, 0.4) is 0 Å². The number of benzene rings is 1. The molecule has 0 fully saturated rings. The van der Waals surface area contributed by atoms with E-state index in [1.54, 1.807) is 4.68 Å². The Kier molecular flexibility index (Phi) is 5.32. The maximum absolute atomic E-state index is 12.1. The van der Waals surface area contributed by atoms with Gasteiger partial charge in [0.15, 0.2) is 5.96 Å². The maximum atomic E-state index is 12.1. The first-order chi connectivity index (χ1) is 11.3. The van der Waals surface area contributed by atoms with Gasteiger partial charge >= 0.3 is 6.36 Å². The molecule has 0 spiro atoms. The number of ether oxygens (including phenoxy) is 1. The lowest BCUT2D eigenvalue weighted by atomic mass is 10.2. The monoisotopic (exact) mass is 341 g/mol. The van der Waals surface area contributed by atoms with Crippen LogP contribution in [0.5, 0.6) is 5.75 Å². The fourth-order valence-corrected chi connectivity index (χ4v) is 2.11. The van der Waals surface area contributed by atoms with Crippen LogP contribution in [0, 0.1) is 0 Å². The number of aromatic nitrogens is 2. The van der Waals surface area contributed by atoms with Crippen LogP contribution < -0.4 is 15.8 Å². The van der Waals surface area contributed by atoms with Gasteiger partial charge in [0.25, 0.3) is 0 Å². The SMILES string of the molecule is CCc1nn(C)cc1CN=C(N)Nc1ccc(OC(F)(F)F)cc1. The Bertz CT molecular complexity index is 707. The summed E-state index contributed by atoms with van der Waals surface area (Å²) in [6.07, 6.45) is -2.05. The number of rotatable bonds is 5. The van der Waals surface area contributed by atoms with Crippen LogP contribution in [0.1, 0.15) is 18.2 Å². The number of guanidine groups is 1. The normalized spacial score (nSPS) is 12.3. The van der Waals surface area contributed by atoms with Crippen LogP contribution >= 0.6 is 0 Å². The molecule has 0 amide bonds. The van der Waals surface area contributed by atoms with E-state index < -0.39 is 6.36 Å². The molecule has 24 heavy (non-hydrogen) atoms. The second-order valence-electron chi connectivity index (χ2n) is 5.03. The van der Waals surface area contributed by atoms with Crippen LogP contribution in [0.2, 0.25) is 0 Å². The number of nitrogens with zero attached hydrogens (tertiary/aromatic N) is 3. The van der Waals surface area contributed by atoms with Gasteiger partial charge in [0.2, 0.25) is 0 Å². The first-order valence-electron chi connectivity index (χ1n) is 7.21. The lowest BCUT2D eigenvalue weighted by Crippen LogP contribution is -2.22. The topological polar surface area (TPSA) is 77.5 Å². The average Bonchev–Trinajstić information content (AvgIpc) is 2.86. The van der Waals surface area contributed by atoms with E-state index >= 15 is 0 Å². The molecule has 3 N–H and O–H groups in total. The standard InChI is InChI=1S/C15H18F3N5O/c1-3-13-10(9-23(2)22-13)8-20-14(19)21-11-4-6-12(7-5-11)24-15(16,17)18/h4-7,9H,3,8H2,1-2H3,(H3,19,20,21). The molecule has 2 aromatic rings. The third-order valence-corrected chi connectivity index (χ3v) is 3.11. The number of halogens is 3. The molecular formula is C15H18F3N5O. The summed E-state index contributed by atoms with van der Waals surface area (Å²) in [7, 11) is 1.83. The van der Waals surface area contributed by atoms with Crippen molar-refractivity contribution in [1.82, 2.24) is 9.78 Å². The summed E-state index contributed by atoms with van der Waals surface area (Å²) in [6, 6.07) is 5.23. The highest BCUT2D eigenvalue weighted by atomic mass is 19.4. The predicted molar refractivity (Wildman–Crippen MR) is 84.7 cm³/mol. The molecular weight excluding hydrogens is 323 g/mol. The quantitative estimate of drug-likeness (QED) is 0.648. The zero-order chi connectivity index (χ0) is 17.7. The number of hydrogen-bond donors (Lipinski definition) is 2. The largest absolute Gasteiger partial charge is 0.573 e. The van der Waals surface area contributed by atoms with Gasteiger partial charge in [-0.3, -0.25) is 4.68 Å². The zero-order valence-corrected chi connectivity index (χ0v) is 13.3. The molecule has 130 valence electrons. The summed E-state index contributed by atoms with van der Waals surface area (Å²) in [5.41, 5.74) is 8.22. The molecule has 0 saturated heterocycles. The summed E-state index contributed by atoms with van der Waals surface area (Å²) >= 11 is 0. The molecule has 0 bridgehead atoms. The predicted octanol–water partition coefficient (Wildman–Crippen LogP) is 2.81. The van der Waals surface area contributed by atoms with Crippen LogP contribution in [0.4, 0.5) is 18.9 Å². The van der Waals surface area contributed by atoms with Gasteiger partial charge < -0.3 is 15.8 Å². The van der Waals surface area contributed by atoms with Crippen molar-refractivity contribution in [2.45, 2.75) is 26.3 Å². The van der Waals surface area contributed by atoms with Gasteiger partial charge in [0.1, 0.15) is 5.75 Å². The molecule has 0 radical (unpaired) electrons. The number of alkyl halides is 3. The van der Waals surface area contributed by atoms with Gasteiger partial charge in [-0.15, -0.1) is 13.2 Å². The summed E-state index contributed by atoms with van der Waals surface area (Å²) in [5, 5.41) is 7.12. The number of hydrogen-bond acceptors (Lipinski definition) is 3. The summed E-state index contributed by atoms with van der Waals surface area (Å²) in [5.74, 6) is -0.142. The Labute approximate surface area is 137 Å². The number of aryl methyl sites for hydroxylation is 2. The van der Waals surface area contributed by atoms with Gasteiger partial charge in [-0.2, -0.15) is 5.10 Å². The van der Waals surface area contributed by atoms with Crippen molar-refractivity contribution >= 4 is 11.6 Å². The van der Waals surface area contributed by atoms with Crippen LogP contribution in [0.15, 0.2) is 35.5 Å².